The summed E-state index contributed by atoms with van der Waals surface area (Å²) in [5, 5.41) is 5.45. The van der Waals surface area contributed by atoms with Gasteiger partial charge in [0.05, 0.1) is 26.1 Å². The smallest absolute Gasteiger partial charge is 0.201 e. The first-order valence-corrected chi connectivity index (χ1v) is 11.2. The molecule has 4 aromatic rings. The Morgan fingerprint density at radius 1 is 1.04 bits per heavy atom. The van der Waals surface area contributed by atoms with Crippen molar-refractivity contribution in [3.8, 4) is 0 Å². The number of pyridine rings is 1. The van der Waals surface area contributed by atoms with Crippen LogP contribution < -0.4 is 5.32 Å². The zero-order chi connectivity index (χ0) is 17.9. The average Bonchev–Trinajstić information content (AvgIpc) is 3.16. The zero-order valence-electron chi connectivity index (χ0n) is 13.1. The summed E-state index contributed by atoms with van der Waals surface area (Å²) in [5.41, 5.74) is 5.92. The van der Waals surface area contributed by atoms with Crippen LogP contribution in [0.5, 0.6) is 0 Å². The lowest BCUT2D eigenvalue weighted by Gasteiger charge is -2.11. The van der Waals surface area contributed by atoms with E-state index in [0.717, 1.165) is 32.5 Å². The Morgan fingerprint density at radius 2 is 1.92 bits per heavy atom. The molecule has 0 fully saturated rings. The molecule has 128 valence electrons. The predicted octanol–water partition coefficient (Wildman–Crippen LogP) is 5.11. The third-order valence-corrected chi connectivity index (χ3v) is 7.90. The molecule has 1 N–H and O–H groups in total. The molecule has 3 heterocycles. The summed E-state index contributed by atoms with van der Waals surface area (Å²) < 4.78 is 26.6. The minimum atomic E-state index is -3.39. The van der Waals surface area contributed by atoms with Crippen LogP contribution in [0, 0.1) is 0 Å². The van der Waals surface area contributed by atoms with Crippen LogP contribution in [0.2, 0.25) is 0 Å². The van der Waals surface area contributed by atoms with Gasteiger partial charge in [-0.25, -0.2) is 13.4 Å². The van der Waals surface area contributed by atoms with Crippen LogP contribution in [-0.2, 0) is 9.84 Å². The van der Waals surface area contributed by atoms with Crippen molar-refractivity contribution in [3.05, 3.63) is 59.1 Å². The largest absolute Gasteiger partial charge is 0.355 e. The fourth-order valence-corrected chi connectivity index (χ4v) is 6.63. The first-order chi connectivity index (χ1) is 12.5. The minimum absolute atomic E-state index is 0.334. The van der Waals surface area contributed by atoms with Gasteiger partial charge in [-0.05, 0) is 59.0 Å². The molecule has 0 radical (unpaired) electrons. The summed E-state index contributed by atoms with van der Waals surface area (Å²) in [6, 6.07) is 11.4. The Morgan fingerprint density at radius 3 is 2.81 bits per heavy atom. The van der Waals surface area contributed by atoms with E-state index in [0.29, 0.717) is 14.0 Å². The third kappa shape index (κ3) is 2.51. The first kappa shape index (κ1) is 16.2. The van der Waals surface area contributed by atoms with E-state index in [4.69, 9.17) is 0 Å². The van der Waals surface area contributed by atoms with Gasteiger partial charge < -0.3 is 5.32 Å². The Labute approximate surface area is 166 Å². The van der Waals surface area contributed by atoms with Gasteiger partial charge in [-0.15, -0.1) is 11.3 Å². The average molecular weight is 491 g/mol. The van der Waals surface area contributed by atoms with E-state index in [1.165, 1.54) is 5.41 Å². The SMILES string of the molecule is O=S1(=O)C=C(I)c2cc3nccc(Nc4ccc5scnc5c4)c3cc21. The second-order valence-electron chi connectivity index (χ2n) is 5.89. The van der Waals surface area contributed by atoms with Gasteiger partial charge in [0, 0.05) is 37.5 Å². The second-order valence-corrected chi connectivity index (χ2v) is 9.71. The van der Waals surface area contributed by atoms with Gasteiger partial charge in [-0.2, -0.15) is 0 Å². The number of sulfone groups is 1. The Bertz CT molecular complexity index is 1340. The Hall–Kier alpha value is -2.04. The number of nitrogens with zero attached hydrogens (tertiary/aromatic N) is 2. The Kier molecular flexibility index (Phi) is 3.56. The molecular formula is C18H10IN3O2S2. The molecule has 0 amide bonds. The Balaban J connectivity index is 1.67. The van der Waals surface area contributed by atoms with Gasteiger partial charge in [0.2, 0.25) is 9.84 Å². The molecule has 5 rings (SSSR count). The number of halogens is 1. The number of nitrogens with one attached hydrogen (secondary N) is 1. The van der Waals surface area contributed by atoms with Crippen molar-refractivity contribution in [3.63, 3.8) is 0 Å². The highest BCUT2D eigenvalue weighted by molar-refractivity contribution is 14.1. The molecule has 0 saturated heterocycles. The maximum Gasteiger partial charge on any atom is 0.201 e. The normalized spacial score (nSPS) is 15.2. The standard InChI is InChI=1S/C18H10IN3O2S2/c19-13-8-26(23,24)18-7-12-14(3-4-20-15(12)6-11(13)18)22-10-1-2-17-16(5-10)21-9-25-17/h1-9H,(H,20,22). The summed E-state index contributed by atoms with van der Waals surface area (Å²) in [5.74, 6) is 0. The quantitative estimate of drug-likeness (QED) is 0.395. The fraction of sp³-hybridized carbons (Fsp3) is 0. The topological polar surface area (TPSA) is 72.0 Å². The van der Waals surface area contributed by atoms with Crippen molar-refractivity contribution in [2.45, 2.75) is 4.90 Å². The molecule has 2 aromatic carbocycles. The highest BCUT2D eigenvalue weighted by atomic mass is 127. The number of hydrogen-bond donors (Lipinski definition) is 1. The van der Waals surface area contributed by atoms with E-state index in [-0.39, 0.29) is 0 Å². The molecule has 2 aromatic heterocycles. The van der Waals surface area contributed by atoms with Gasteiger partial charge in [-0.1, -0.05) is 0 Å². The van der Waals surface area contributed by atoms with Gasteiger partial charge in [0.25, 0.3) is 0 Å². The van der Waals surface area contributed by atoms with E-state index < -0.39 is 9.84 Å². The van der Waals surface area contributed by atoms with Crippen LogP contribution in [-0.4, -0.2) is 18.4 Å². The number of hydrogen-bond acceptors (Lipinski definition) is 6. The highest BCUT2D eigenvalue weighted by Gasteiger charge is 2.26. The van der Waals surface area contributed by atoms with Crippen LogP contribution in [0.15, 0.2) is 58.4 Å². The molecule has 1 aliphatic heterocycles. The van der Waals surface area contributed by atoms with E-state index in [1.807, 2.05) is 58.4 Å². The van der Waals surface area contributed by atoms with E-state index in [1.54, 1.807) is 23.6 Å². The van der Waals surface area contributed by atoms with Crippen molar-refractivity contribution in [1.29, 1.82) is 0 Å². The first-order valence-electron chi connectivity index (χ1n) is 7.67. The summed E-state index contributed by atoms with van der Waals surface area (Å²) in [4.78, 5) is 9.08. The number of rotatable bonds is 2. The third-order valence-electron chi connectivity index (χ3n) is 4.27. The number of anilines is 2. The van der Waals surface area contributed by atoms with E-state index in [2.05, 4.69) is 15.3 Å². The van der Waals surface area contributed by atoms with Crippen LogP contribution in [0.3, 0.4) is 0 Å². The van der Waals surface area contributed by atoms with Crippen molar-refractivity contribution < 1.29 is 8.42 Å². The summed E-state index contributed by atoms with van der Waals surface area (Å²) in [6.45, 7) is 0. The summed E-state index contributed by atoms with van der Waals surface area (Å²) >= 11 is 3.64. The van der Waals surface area contributed by atoms with Gasteiger partial charge in [0.1, 0.15) is 0 Å². The lowest BCUT2D eigenvalue weighted by atomic mass is 10.1. The molecule has 0 bridgehead atoms. The van der Waals surface area contributed by atoms with E-state index in [9.17, 15) is 8.42 Å². The fourth-order valence-electron chi connectivity index (χ4n) is 3.06. The van der Waals surface area contributed by atoms with Crippen molar-refractivity contribution in [1.82, 2.24) is 9.97 Å². The summed E-state index contributed by atoms with van der Waals surface area (Å²) in [6.07, 6.45) is 1.72. The van der Waals surface area contributed by atoms with Gasteiger partial charge in [0.15, 0.2) is 0 Å². The zero-order valence-corrected chi connectivity index (χ0v) is 16.9. The van der Waals surface area contributed by atoms with Gasteiger partial charge in [-0.3, -0.25) is 4.98 Å². The molecule has 1 aliphatic rings. The lowest BCUT2D eigenvalue weighted by molar-refractivity contribution is 0.605. The highest BCUT2D eigenvalue weighted by Crippen LogP contribution is 2.40. The van der Waals surface area contributed by atoms with Gasteiger partial charge >= 0.3 is 0 Å². The molecule has 0 unspecified atom stereocenters. The maximum absolute atomic E-state index is 12.4. The molecule has 8 heteroatoms. The molecule has 5 nitrogen and oxygen atoms in total. The van der Waals surface area contributed by atoms with Crippen LogP contribution in [0.4, 0.5) is 11.4 Å². The number of thiazole rings is 1. The second kappa shape index (κ2) is 5.73. The number of fused-ring (bicyclic) bond motifs is 3. The van der Waals surface area contributed by atoms with Crippen molar-refractivity contribution >= 4 is 79.8 Å². The van der Waals surface area contributed by atoms with Crippen LogP contribution in [0.25, 0.3) is 24.7 Å². The molecule has 0 atom stereocenters. The molecule has 0 saturated carbocycles. The molecule has 0 spiro atoms. The van der Waals surface area contributed by atoms with Crippen LogP contribution in [0.1, 0.15) is 5.56 Å². The van der Waals surface area contributed by atoms with Crippen molar-refractivity contribution in [2.24, 2.45) is 0 Å². The lowest BCUT2D eigenvalue weighted by Crippen LogP contribution is -1.97. The van der Waals surface area contributed by atoms with E-state index >= 15 is 0 Å². The molecule has 0 aliphatic carbocycles. The number of benzene rings is 2. The predicted molar refractivity (Wildman–Crippen MR) is 114 cm³/mol. The monoisotopic (exact) mass is 491 g/mol. The molecule has 26 heavy (non-hydrogen) atoms. The minimum Gasteiger partial charge on any atom is -0.355 e. The summed E-state index contributed by atoms with van der Waals surface area (Å²) in [7, 11) is -3.39. The van der Waals surface area contributed by atoms with Crippen molar-refractivity contribution in [2.75, 3.05) is 5.32 Å². The van der Waals surface area contributed by atoms with Crippen LogP contribution >= 0.6 is 33.9 Å². The number of aromatic nitrogens is 2. The maximum atomic E-state index is 12.4. The molecular weight excluding hydrogens is 481 g/mol.